The fourth-order valence-corrected chi connectivity index (χ4v) is 7.61. The number of thiophene rings is 1. The largest absolute Gasteiger partial charge is 0.208 e. The van der Waals surface area contributed by atoms with Gasteiger partial charge in [0.15, 0.2) is 17.5 Å². The van der Waals surface area contributed by atoms with E-state index in [9.17, 15) is 0 Å². The van der Waals surface area contributed by atoms with E-state index < -0.39 is 0 Å². The van der Waals surface area contributed by atoms with Crippen LogP contribution in [0.3, 0.4) is 0 Å². The highest BCUT2D eigenvalue weighted by molar-refractivity contribution is 7.26. The molecular formula is C43H27N3S. The fourth-order valence-electron chi connectivity index (χ4n) is 6.40. The van der Waals surface area contributed by atoms with Crippen LogP contribution in [0.2, 0.25) is 0 Å². The first-order valence-electron chi connectivity index (χ1n) is 15.7. The van der Waals surface area contributed by atoms with Crippen molar-refractivity contribution < 1.29 is 0 Å². The molecule has 0 saturated heterocycles. The normalized spacial score (nSPS) is 11.4. The van der Waals surface area contributed by atoms with Gasteiger partial charge in [0.05, 0.1) is 0 Å². The number of hydrogen-bond acceptors (Lipinski definition) is 4. The standard InChI is InChI=1S/C43H27N3S/c1-2-11-28(12-3-1)30-21-24-31(25-22-30)41-44-42(37-17-7-6-15-34(37)33-26-23-29-13-4-5-14-32(29)27-33)46-43(45-41)38-19-10-18-36-35-16-8-9-20-39(35)47-40(36)38/h1-27H. The zero-order valence-electron chi connectivity index (χ0n) is 25.3. The van der Waals surface area contributed by atoms with Crippen LogP contribution in [0.25, 0.3) is 87.4 Å². The van der Waals surface area contributed by atoms with Gasteiger partial charge in [0, 0.05) is 36.9 Å². The average molecular weight is 618 g/mol. The summed E-state index contributed by atoms with van der Waals surface area (Å²) in [6.45, 7) is 0. The molecule has 0 saturated carbocycles. The van der Waals surface area contributed by atoms with Gasteiger partial charge in [-0.15, -0.1) is 11.3 Å². The maximum absolute atomic E-state index is 5.22. The van der Waals surface area contributed by atoms with Crippen molar-refractivity contribution in [3.8, 4) is 56.4 Å². The summed E-state index contributed by atoms with van der Waals surface area (Å²) < 4.78 is 2.43. The highest BCUT2D eigenvalue weighted by Crippen LogP contribution is 2.40. The Balaban J connectivity index is 1.25. The minimum atomic E-state index is 0.649. The summed E-state index contributed by atoms with van der Waals surface area (Å²) in [5.74, 6) is 1.97. The molecule has 0 amide bonds. The topological polar surface area (TPSA) is 38.7 Å². The van der Waals surface area contributed by atoms with Gasteiger partial charge in [-0.3, -0.25) is 0 Å². The van der Waals surface area contributed by atoms with Crippen LogP contribution in [-0.4, -0.2) is 15.0 Å². The highest BCUT2D eigenvalue weighted by Gasteiger charge is 2.18. The van der Waals surface area contributed by atoms with Crippen molar-refractivity contribution in [1.82, 2.24) is 15.0 Å². The smallest absolute Gasteiger partial charge is 0.165 e. The Bertz CT molecular complexity index is 2570. The molecule has 0 aliphatic heterocycles. The predicted molar refractivity (Wildman–Crippen MR) is 197 cm³/mol. The molecule has 9 aromatic rings. The van der Waals surface area contributed by atoms with Crippen molar-refractivity contribution in [3.63, 3.8) is 0 Å². The van der Waals surface area contributed by atoms with E-state index in [1.165, 1.54) is 36.5 Å². The van der Waals surface area contributed by atoms with Gasteiger partial charge in [0.1, 0.15) is 0 Å². The third-order valence-corrected chi connectivity index (χ3v) is 9.98. The van der Waals surface area contributed by atoms with E-state index in [2.05, 4.69) is 158 Å². The molecule has 0 radical (unpaired) electrons. The molecule has 2 aromatic heterocycles. The average Bonchev–Trinajstić information content (AvgIpc) is 3.54. The lowest BCUT2D eigenvalue weighted by Gasteiger charge is -2.13. The molecule has 0 bridgehead atoms. The number of hydrogen-bond donors (Lipinski definition) is 0. The van der Waals surface area contributed by atoms with Crippen LogP contribution in [0.5, 0.6) is 0 Å². The lowest BCUT2D eigenvalue weighted by molar-refractivity contribution is 1.08. The Morgan fingerprint density at radius 3 is 1.77 bits per heavy atom. The molecule has 220 valence electrons. The van der Waals surface area contributed by atoms with E-state index in [-0.39, 0.29) is 0 Å². The lowest BCUT2D eigenvalue weighted by Crippen LogP contribution is -2.01. The van der Waals surface area contributed by atoms with E-state index in [0.29, 0.717) is 17.5 Å². The van der Waals surface area contributed by atoms with E-state index in [0.717, 1.165) is 33.4 Å². The minimum absolute atomic E-state index is 0.649. The van der Waals surface area contributed by atoms with Gasteiger partial charge in [-0.25, -0.2) is 15.0 Å². The van der Waals surface area contributed by atoms with Gasteiger partial charge in [0.2, 0.25) is 0 Å². The van der Waals surface area contributed by atoms with Crippen molar-refractivity contribution in [2.75, 3.05) is 0 Å². The Hall–Kier alpha value is -5.97. The molecule has 4 heteroatoms. The molecule has 9 rings (SSSR count). The summed E-state index contributed by atoms with van der Waals surface area (Å²) in [5, 5.41) is 4.89. The molecule has 0 spiro atoms. The number of benzene rings is 7. The minimum Gasteiger partial charge on any atom is -0.208 e. The molecule has 0 fully saturated rings. The van der Waals surface area contributed by atoms with E-state index in [4.69, 9.17) is 15.0 Å². The molecular weight excluding hydrogens is 591 g/mol. The molecule has 3 nitrogen and oxygen atoms in total. The quantitative estimate of drug-likeness (QED) is 0.193. The molecule has 0 aliphatic rings. The maximum Gasteiger partial charge on any atom is 0.165 e. The van der Waals surface area contributed by atoms with Crippen molar-refractivity contribution in [2.24, 2.45) is 0 Å². The van der Waals surface area contributed by atoms with Crippen LogP contribution in [0.1, 0.15) is 0 Å². The molecule has 2 heterocycles. The number of nitrogens with zero attached hydrogens (tertiary/aromatic N) is 3. The second kappa shape index (κ2) is 11.4. The Kier molecular flexibility index (Phi) is 6.65. The van der Waals surface area contributed by atoms with Crippen LogP contribution in [0.4, 0.5) is 0 Å². The SMILES string of the molecule is c1ccc(-c2ccc(-c3nc(-c4ccccc4-c4ccc5ccccc5c4)nc(-c4cccc5c4sc4ccccc45)n3)cc2)cc1. The van der Waals surface area contributed by atoms with E-state index in [1.54, 1.807) is 11.3 Å². The summed E-state index contributed by atoms with van der Waals surface area (Å²) in [5.41, 5.74) is 7.47. The Morgan fingerprint density at radius 1 is 0.340 bits per heavy atom. The molecule has 0 N–H and O–H groups in total. The van der Waals surface area contributed by atoms with Crippen LogP contribution in [0.15, 0.2) is 164 Å². The van der Waals surface area contributed by atoms with Crippen LogP contribution < -0.4 is 0 Å². The summed E-state index contributed by atoms with van der Waals surface area (Å²) in [6.07, 6.45) is 0. The molecule has 0 aliphatic carbocycles. The monoisotopic (exact) mass is 617 g/mol. The van der Waals surface area contributed by atoms with Gasteiger partial charge in [0.25, 0.3) is 0 Å². The molecule has 0 atom stereocenters. The summed E-state index contributed by atoms with van der Waals surface area (Å²) >= 11 is 1.79. The zero-order chi connectivity index (χ0) is 31.2. The summed E-state index contributed by atoms with van der Waals surface area (Å²) in [7, 11) is 0. The van der Waals surface area contributed by atoms with E-state index in [1.807, 2.05) is 6.07 Å². The number of rotatable bonds is 5. The van der Waals surface area contributed by atoms with Gasteiger partial charge in [-0.2, -0.15) is 0 Å². The van der Waals surface area contributed by atoms with Crippen LogP contribution in [0, 0.1) is 0 Å². The van der Waals surface area contributed by atoms with Crippen molar-refractivity contribution >= 4 is 42.3 Å². The fraction of sp³-hybridized carbons (Fsp3) is 0. The third-order valence-electron chi connectivity index (χ3n) is 8.76. The second-order valence-corrected chi connectivity index (χ2v) is 12.7. The first kappa shape index (κ1) is 27.3. The molecule has 47 heavy (non-hydrogen) atoms. The van der Waals surface area contributed by atoms with Gasteiger partial charge in [-0.1, -0.05) is 146 Å². The molecule has 0 unspecified atom stereocenters. The molecule has 7 aromatic carbocycles. The first-order valence-corrected chi connectivity index (χ1v) is 16.5. The van der Waals surface area contributed by atoms with E-state index >= 15 is 0 Å². The lowest BCUT2D eigenvalue weighted by atomic mass is 9.96. The number of fused-ring (bicyclic) bond motifs is 4. The summed E-state index contributed by atoms with van der Waals surface area (Å²) in [4.78, 5) is 15.5. The maximum atomic E-state index is 5.22. The van der Waals surface area contributed by atoms with Gasteiger partial charge >= 0.3 is 0 Å². The van der Waals surface area contributed by atoms with Crippen molar-refractivity contribution in [2.45, 2.75) is 0 Å². The Labute approximate surface area is 276 Å². The van der Waals surface area contributed by atoms with Crippen LogP contribution >= 0.6 is 11.3 Å². The first-order chi connectivity index (χ1) is 23.3. The Morgan fingerprint density at radius 2 is 0.915 bits per heavy atom. The third kappa shape index (κ3) is 4.96. The zero-order valence-corrected chi connectivity index (χ0v) is 26.2. The highest BCUT2D eigenvalue weighted by atomic mass is 32.1. The number of aromatic nitrogens is 3. The van der Waals surface area contributed by atoms with Crippen molar-refractivity contribution in [1.29, 1.82) is 0 Å². The second-order valence-electron chi connectivity index (χ2n) is 11.6. The van der Waals surface area contributed by atoms with Gasteiger partial charge in [-0.05, 0) is 51.2 Å². The van der Waals surface area contributed by atoms with Crippen molar-refractivity contribution in [3.05, 3.63) is 164 Å². The predicted octanol–water partition coefficient (Wildman–Crippen LogP) is 11.7. The van der Waals surface area contributed by atoms with Gasteiger partial charge < -0.3 is 0 Å². The summed E-state index contributed by atoms with van der Waals surface area (Å²) in [6, 6.07) is 57.4. The van der Waals surface area contributed by atoms with Crippen LogP contribution in [-0.2, 0) is 0 Å².